The van der Waals surface area contributed by atoms with E-state index in [2.05, 4.69) is 5.32 Å². The summed E-state index contributed by atoms with van der Waals surface area (Å²) in [6.45, 7) is 3.36. The van der Waals surface area contributed by atoms with Gasteiger partial charge in [0.2, 0.25) is 5.91 Å². The highest BCUT2D eigenvalue weighted by molar-refractivity contribution is 5.90. The van der Waals surface area contributed by atoms with Gasteiger partial charge in [-0.2, -0.15) is 0 Å². The van der Waals surface area contributed by atoms with Gasteiger partial charge in [0, 0.05) is 13.0 Å². The van der Waals surface area contributed by atoms with Crippen molar-refractivity contribution in [1.29, 1.82) is 0 Å². The summed E-state index contributed by atoms with van der Waals surface area (Å²) in [7, 11) is 0. The highest BCUT2D eigenvalue weighted by Gasteiger charge is 2.14. The van der Waals surface area contributed by atoms with Gasteiger partial charge in [-0.1, -0.05) is 18.2 Å². The van der Waals surface area contributed by atoms with Crippen LogP contribution in [0.5, 0.6) is 5.75 Å². The SMILES string of the molecule is CC(=O)Nc1ccc(C)cc1OCc1ccccc1[N+](=O)[O-]. The van der Waals surface area contributed by atoms with Gasteiger partial charge in [-0.3, -0.25) is 14.9 Å². The molecule has 0 aliphatic rings. The molecule has 6 nitrogen and oxygen atoms in total. The first-order valence-corrected chi connectivity index (χ1v) is 6.70. The molecule has 114 valence electrons. The lowest BCUT2D eigenvalue weighted by Gasteiger charge is -2.12. The number of ether oxygens (including phenoxy) is 1. The number of nitrogens with one attached hydrogen (secondary N) is 1. The van der Waals surface area contributed by atoms with E-state index in [-0.39, 0.29) is 18.2 Å². The normalized spacial score (nSPS) is 10.1. The summed E-state index contributed by atoms with van der Waals surface area (Å²) in [5.74, 6) is 0.271. The van der Waals surface area contributed by atoms with Crippen molar-refractivity contribution in [3.63, 3.8) is 0 Å². The second kappa shape index (κ2) is 6.71. The molecule has 0 spiro atoms. The molecule has 1 amide bonds. The summed E-state index contributed by atoms with van der Waals surface area (Å²) in [4.78, 5) is 21.8. The van der Waals surface area contributed by atoms with Crippen LogP contribution >= 0.6 is 0 Å². The van der Waals surface area contributed by atoms with E-state index < -0.39 is 4.92 Å². The van der Waals surface area contributed by atoms with Crippen LogP contribution in [0.25, 0.3) is 0 Å². The number of hydrogen-bond acceptors (Lipinski definition) is 4. The predicted molar refractivity (Wildman–Crippen MR) is 82.9 cm³/mol. The fourth-order valence-corrected chi connectivity index (χ4v) is 2.01. The molecule has 0 heterocycles. The standard InChI is InChI=1S/C16H16N2O4/c1-11-7-8-14(17-12(2)19)16(9-11)22-10-13-5-3-4-6-15(13)18(20)21/h3-9H,10H2,1-2H3,(H,17,19). The molecule has 0 aliphatic heterocycles. The number of nitro groups is 1. The van der Waals surface area contributed by atoms with E-state index in [1.54, 1.807) is 30.3 Å². The van der Waals surface area contributed by atoms with Crippen LogP contribution in [0.4, 0.5) is 11.4 Å². The third kappa shape index (κ3) is 3.82. The molecule has 0 atom stereocenters. The van der Waals surface area contributed by atoms with Crippen LogP contribution in [0, 0.1) is 17.0 Å². The first-order valence-electron chi connectivity index (χ1n) is 6.70. The van der Waals surface area contributed by atoms with E-state index in [0.29, 0.717) is 17.0 Å². The van der Waals surface area contributed by atoms with Gasteiger partial charge < -0.3 is 10.1 Å². The second-order valence-electron chi connectivity index (χ2n) is 4.86. The van der Waals surface area contributed by atoms with E-state index in [1.807, 2.05) is 13.0 Å². The average Bonchev–Trinajstić information content (AvgIpc) is 2.47. The smallest absolute Gasteiger partial charge is 0.276 e. The lowest BCUT2D eigenvalue weighted by Crippen LogP contribution is -2.08. The summed E-state index contributed by atoms with van der Waals surface area (Å²) >= 11 is 0. The van der Waals surface area contributed by atoms with E-state index >= 15 is 0 Å². The Balaban J connectivity index is 2.23. The van der Waals surface area contributed by atoms with Crippen molar-refractivity contribution in [1.82, 2.24) is 0 Å². The Labute approximate surface area is 127 Å². The summed E-state index contributed by atoms with van der Waals surface area (Å²) < 4.78 is 5.68. The number of rotatable bonds is 5. The number of hydrogen-bond donors (Lipinski definition) is 1. The molecular formula is C16H16N2O4. The van der Waals surface area contributed by atoms with E-state index in [9.17, 15) is 14.9 Å². The van der Waals surface area contributed by atoms with Gasteiger partial charge in [-0.05, 0) is 30.7 Å². The number of nitrogens with zero attached hydrogens (tertiary/aromatic N) is 1. The van der Waals surface area contributed by atoms with Crippen LogP contribution in [-0.2, 0) is 11.4 Å². The van der Waals surface area contributed by atoms with Gasteiger partial charge in [0.15, 0.2) is 0 Å². The second-order valence-corrected chi connectivity index (χ2v) is 4.86. The summed E-state index contributed by atoms with van der Waals surface area (Å²) in [5, 5.41) is 13.7. The van der Waals surface area contributed by atoms with E-state index in [0.717, 1.165) is 5.56 Å². The van der Waals surface area contributed by atoms with Gasteiger partial charge in [-0.15, -0.1) is 0 Å². The molecule has 22 heavy (non-hydrogen) atoms. The number of nitro benzene ring substituents is 1. The number of anilines is 1. The molecule has 0 aliphatic carbocycles. The molecule has 0 aromatic heterocycles. The molecule has 0 saturated heterocycles. The molecule has 0 bridgehead atoms. The number of benzene rings is 2. The highest BCUT2D eigenvalue weighted by atomic mass is 16.6. The van der Waals surface area contributed by atoms with Crippen LogP contribution in [0.2, 0.25) is 0 Å². The molecule has 2 rings (SSSR count). The van der Waals surface area contributed by atoms with E-state index in [4.69, 9.17) is 4.74 Å². The monoisotopic (exact) mass is 300 g/mol. The van der Waals surface area contributed by atoms with Crippen molar-refractivity contribution < 1.29 is 14.5 Å². The van der Waals surface area contributed by atoms with Crippen LogP contribution in [-0.4, -0.2) is 10.8 Å². The van der Waals surface area contributed by atoms with Gasteiger partial charge >= 0.3 is 0 Å². The average molecular weight is 300 g/mol. The molecule has 6 heteroatoms. The number of amides is 1. The minimum atomic E-state index is -0.441. The number of aryl methyl sites for hydroxylation is 1. The Kier molecular flexibility index (Phi) is 4.73. The Bertz CT molecular complexity index is 713. The van der Waals surface area contributed by atoms with Gasteiger partial charge in [0.05, 0.1) is 16.2 Å². The first-order chi connectivity index (χ1) is 10.5. The van der Waals surface area contributed by atoms with Crippen molar-refractivity contribution in [3.05, 3.63) is 63.7 Å². The van der Waals surface area contributed by atoms with Crippen molar-refractivity contribution in [2.45, 2.75) is 20.5 Å². The molecule has 0 saturated carbocycles. The zero-order valence-corrected chi connectivity index (χ0v) is 12.3. The number of carbonyl (C=O) groups excluding carboxylic acids is 1. The molecular weight excluding hydrogens is 284 g/mol. The molecule has 0 fully saturated rings. The quantitative estimate of drug-likeness (QED) is 0.677. The van der Waals surface area contributed by atoms with E-state index in [1.165, 1.54) is 13.0 Å². The highest BCUT2D eigenvalue weighted by Crippen LogP contribution is 2.28. The third-order valence-corrected chi connectivity index (χ3v) is 3.02. The van der Waals surface area contributed by atoms with Crippen molar-refractivity contribution in [2.24, 2.45) is 0 Å². The minimum Gasteiger partial charge on any atom is -0.486 e. The molecule has 2 aromatic rings. The number of para-hydroxylation sites is 1. The summed E-state index contributed by atoms with van der Waals surface area (Å²) in [6, 6.07) is 11.8. The summed E-state index contributed by atoms with van der Waals surface area (Å²) in [5.41, 5.74) is 1.99. The molecule has 1 N–H and O–H groups in total. The van der Waals surface area contributed by atoms with Crippen LogP contribution in [0.15, 0.2) is 42.5 Å². The third-order valence-electron chi connectivity index (χ3n) is 3.02. The van der Waals surface area contributed by atoms with Crippen LogP contribution < -0.4 is 10.1 Å². The Morgan fingerprint density at radius 2 is 2.00 bits per heavy atom. The molecule has 2 aromatic carbocycles. The van der Waals surface area contributed by atoms with Crippen molar-refractivity contribution >= 4 is 17.3 Å². The Hall–Kier alpha value is -2.89. The molecule has 0 radical (unpaired) electrons. The van der Waals surface area contributed by atoms with Gasteiger partial charge in [0.1, 0.15) is 12.4 Å². The van der Waals surface area contributed by atoms with Gasteiger partial charge in [-0.25, -0.2) is 0 Å². The largest absolute Gasteiger partial charge is 0.486 e. The maximum Gasteiger partial charge on any atom is 0.276 e. The Morgan fingerprint density at radius 1 is 1.27 bits per heavy atom. The lowest BCUT2D eigenvalue weighted by atomic mass is 10.2. The van der Waals surface area contributed by atoms with Crippen LogP contribution in [0.1, 0.15) is 18.1 Å². The fraction of sp³-hybridized carbons (Fsp3) is 0.188. The minimum absolute atomic E-state index is 0.0104. The maximum atomic E-state index is 11.2. The maximum absolute atomic E-state index is 11.2. The lowest BCUT2D eigenvalue weighted by molar-refractivity contribution is -0.385. The topological polar surface area (TPSA) is 81.5 Å². The zero-order chi connectivity index (χ0) is 16.1. The van der Waals surface area contributed by atoms with Crippen molar-refractivity contribution in [3.8, 4) is 5.75 Å². The zero-order valence-electron chi connectivity index (χ0n) is 12.3. The summed E-state index contributed by atoms with van der Waals surface area (Å²) in [6.07, 6.45) is 0. The van der Waals surface area contributed by atoms with Gasteiger partial charge in [0.25, 0.3) is 5.69 Å². The number of carbonyl (C=O) groups is 1. The first kappa shape index (κ1) is 15.5. The predicted octanol–water partition coefficient (Wildman–Crippen LogP) is 3.44. The van der Waals surface area contributed by atoms with Crippen molar-refractivity contribution in [2.75, 3.05) is 5.32 Å². The van der Waals surface area contributed by atoms with Crippen LogP contribution in [0.3, 0.4) is 0 Å². The molecule has 0 unspecified atom stereocenters. The fourth-order valence-electron chi connectivity index (χ4n) is 2.01. The Morgan fingerprint density at radius 3 is 2.68 bits per heavy atom.